The molecule has 0 fully saturated rings. The zero-order valence-electron chi connectivity index (χ0n) is 10.2. The molecule has 0 heterocycles. The van der Waals surface area contributed by atoms with Gasteiger partial charge in [0.2, 0.25) is 0 Å². The van der Waals surface area contributed by atoms with Gasteiger partial charge in [-0.3, -0.25) is 0 Å². The van der Waals surface area contributed by atoms with Crippen molar-refractivity contribution in [2.45, 2.75) is 13.0 Å². The Morgan fingerprint density at radius 2 is 2.18 bits per heavy atom. The van der Waals surface area contributed by atoms with Gasteiger partial charge in [-0.1, -0.05) is 24.3 Å². The molecule has 1 atom stereocenters. The van der Waals surface area contributed by atoms with Gasteiger partial charge in [0.1, 0.15) is 0 Å². The van der Waals surface area contributed by atoms with E-state index in [0.717, 1.165) is 5.56 Å². The van der Waals surface area contributed by atoms with E-state index in [1.54, 1.807) is 13.2 Å². The topological polar surface area (TPSA) is 38.7 Å². The van der Waals surface area contributed by atoms with Gasteiger partial charge in [-0.2, -0.15) is 0 Å². The number of aliphatic hydroxyl groups is 1. The summed E-state index contributed by atoms with van der Waals surface area (Å²) in [6.07, 6.45) is 4.30. The van der Waals surface area contributed by atoms with Crippen LogP contribution >= 0.6 is 0 Å². The molecule has 92 valence electrons. The van der Waals surface area contributed by atoms with Crippen LogP contribution in [-0.4, -0.2) is 24.9 Å². The molecule has 0 spiro atoms. The number of benzene rings is 1. The Morgan fingerprint density at radius 1 is 1.41 bits per heavy atom. The van der Waals surface area contributed by atoms with Crippen LogP contribution in [0.25, 0.3) is 6.08 Å². The highest BCUT2D eigenvalue weighted by atomic mass is 16.5. The van der Waals surface area contributed by atoms with Crippen LogP contribution in [0.4, 0.5) is 0 Å². The molecule has 0 bridgehead atoms. The first-order chi connectivity index (χ1) is 8.21. The lowest BCUT2D eigenvalue weighted by molar-refractivity contribution is 0.273. The third kappa shape index (κ3) is 3.96. The fourth-order valence-electron chi connectivity index (χ4n) is 1.35. The lowest BCUT2D eigenvalue weighted by atomic mass is 10.1. The van der Waals surface area contributed by atoms with Crippen LogP contribution in [0.1, 0.15) is 12.5 Å². The fraction of sp³-hybridized carbons (Fsp3) is 0.286. The summed E-state index contributed by atoms with van der Waals surface area (Å²) in [5, 5.41) is 9.33. The van der Waals surface area contributed by atoms with E-state index in [-0.39, 0.29) is 0 Å². The number of methoxy groups -OCH3 is 1. The number of aliphatic hydroxyl groups excluding tert-OH is 1. The Morgan fingerprint density at radius 3 is 2.76 bits per heavy atom. The SMILES string of the molecule is C=CC(O)C=Cc1ccc(OC)c(OCC)c1. The molecule has 0 amide bonds. The van der Waals surface area contributed by atoms with Gasteiger partial charge >= 0.3 is 0 Å². The minimum absolute atomic E-state index is 0.582. The number of ether oxygens (including phenoxy) is 2. The number of hydrogen-bond acceptors (Lipinski definition) is 3. The maximum atomic E-state index is 9.33. The quantitative estimate of drug-likeness (QED) is 0.769. The summed E-state index contributed by atoms with van der Waals surface area (Å²) in [6, 6.07) is 5.60. The van der Waals surface area contributed by atoms with E-state index in [0.29, 0.717) is 18.1 Å². The van der Waals surface area contributed by atoms with Crippen molar-refractivity contribution in [3.8, 4) is 11.5 Å². The normalized spacial score (nSPS) is 12.4. The van der Waals surface area contributed by atoms with Gasteiger partial charge in [-0.05, 0) is 24.6 Å². The van der Waals surface area contributed by atoms with Gasteiger partial charge in [0, 0.05) is 0 Å². The highest BCUT2D eigenvalue weighted by Crippen LogP contribution is 2.28. The van der Waals surface area contributed by atoms with Gasteiger partial charge in [0.05, 0.1) is 19.8 Å². The summed E-state index contributed by atoms with van der Waals surface area (Å²) in [4.78, 5) is 0. The van der Waals surface area contributed by atoms with Crippen LogP contribution < -0.4 is 9.47 Å². The molecule has 0 radical (unpaired) electrons. The predicted octanol–water partition coefficient (Wildman–Crippen LogP) is 2.65. The second kappa shape index (κ2) is 6.76. The van der Waals surface area contributed by atoms with Gasteiger partial charge in [0.15, 0.2) is 11.5 Å². The molecule has 1 rings (SSSR count). The molecule has 0 saturated carbocycles. The van der Waals surface area contributed by atoms with Gasteiger partial charge in [0.25, 0.3) is 0 Å². The molecule has 17 heavy (non-hydrogen) atoms. The summed E-state index contributed by atoms with van der Waals surface area (Å²) in [5.74, 6) is 1.40. The Balaban J connectivity index is 2.91. The van der Waals surface area contributed by atoms with E-state index in [4.69, 9.17) is 9.47 Å². The summed E-state index contributed by atoms with van der Waals surface area (Å²) in [5.41, 5.74) is 0.940. The molecule has 0 aliphatic rings. The molecule has 0 aromatic heterocycles. The van der Waals surface area contributed by atoms with Crippen molar-refractivity contribution in [3.63, 3.8) is 0 Å². The first-order valence-electron chi connectivity index (χ1n) is 5.51. The van der Waals surface area contributed by atoms with Crippen LogP contribution in [0.2, 0.25) is 0 Å². The second-order valence-electron chi connectivity index (χ2n) is 3.43. The zero-order valence-corrected chi connectivity index (χ0v) is 10.2. The Kier molecular flexibility index (Phi) is 5.30. The summed E-state index contributed by atoms with van der Waals surface area (Å²) in [7, 11) is 1.61. The lowest BCUT2D eigenvalue weighted by Crippen LogP contribution is -1.96. The standard InChI is InChI=1S/C14H18O3/c1-4-12(15)8-6-11-7-9-13(16-3)14(10-11)17-5-2/h4,6-10,12,15H,1,5H2,2-3H3. The van der Waals surface area contributed by atoms with Crippen molar-refractivity contribution in [1.82, 2.24) is 0 Å². The second-order valence-corrected chi connectivity index (χ2v) is 3.43. The third-order valence-electron chi connectivity index (χ3n) is 2.21. The molecule has 1 unspecified atom stereocenters. The summed E-state index contributed by atoms with van der Waals surface area (Å²) >= 11 is 0. The molecule has 0 aliphatic carbocycles. The molecule has 0 saturated heterocycles. The van der Waals surface area contributed by atoms with Crippen molar-refractivity contribution in [2.24, 2.45) is 0 Å². The van der Waals surface area contributed by atoms with E-state index in [2.05, 4.69) is 6.58 Å². The van der Waals surface area contributed by atoms with E-state index >= 15 is 0 Å². The van der Waals surface area contributed by atoms with Crippen molar-refractivity contribution >= 4 is 6.08 Å². The van der Waals surface area contributed by atoms with Gasteiger partial charge in [-0.25, -0.2) is 0 Å². The van der Waals surface area contributed by atoms with Crippen molar-refractivity contribution in [2.75, 3.05) is 13.7 Å². The summed E-state index contributed by atoms with van der Waals surface area (Å²) < 4.78 is 10.6. The van der Waals surface area contributed by atoms with Crippen LogP contribution in [0, 0.1) is 0 Å². The first-order valence-corrected chi connectivity index (χ1v) is 5.51. The minimum Gasteiger partial charge on any atom is -0.493 e. The maximum absolute atomic E-state index is 9.33. The van der Waals surface area contributed by atoms with Crippen LogP contribution in [-0.2, 0) is 0 Å². The Hall–Kier alpha value is -1.74. The average Bonchev–Trinajstić information content (AvgIpc) is 2.36. The molecule has 1 N–H and O–H groups in total. The third-order valence-corrected chi connectivity index (χ3v) is 2.21. The molecule has 1 aromatic carbocycles. The monoisotopic (exact) mass is 234 g/mol. The van der Waals surface area contributed by atoms with Crippen molar-refractivity contribution in [3.05, 3.63) is 42.5 Å². The predicted molar refractivity (Wildman–Crippen MR) is 69.4 cm³/mol. The highest BCUT2D eigenvalue weighted by Gasteiger charge is 2.03. The van der Waals surface area contributed by atoms with Crippen molar-refractivity contribution in [1.29, 1.82) is 0 Å². The summed E-state index contributed by atoms with van der Waals surface area (Å²) in [6.45, 7) is 6.00. The van der Waals surface area contributed by atoms with Gasteiger partial charge < -0.3 is 14.6 Å². The maximum Gasteiger partial charge on any atom is 0.161 e. The molecular formula is C14H18O3. The highest BCUT2D eigenvalue weighted by molar-refractivity contribution is 5.56. The zero-order chi connectivity index (χ0) is 12.7. The van der Waals surface area contributed by atoms with Crippen LogP contribution in [0.5, 0.6) is 11.5 Å². The van der Waals surface area contributed by atoms with Crippen molar-refractivity contribution < 1.29 is 14.6 Å². The number of rotatable bonds is 6. The Labute approximate surface area is 102 Å². The molecule has 0 aliphatic heterocycles. The smallest absolute Gasteiger partial charge is 0.161 e. The first kappa shape index (κ1) is 13.3. The van der Waals surface area contributed by atoms with E-state index < -0.39 is 6.10 Å². The van der Waals surface area contributed by atoms with E-state index in [1.165, 1.54) is 6.08 Å². The lowest BCUT2D eigenvalue weighted by Gasteiger charge is -2.09. The van der Waals surface area contributed by atoms with E-state index in [1.807, 2.05) is 31.2 Å². The van der Waals surface area contributed by atoms with Crippen LogP contribution in [0.15, 0.2) is 36.9 Å². The average molecular weight is 234 g/mol. The molecule has 3 nitrogen and oxygen atoms in total. The molecule has 1 aromatic rings. The fourth-order valence-corrected chi connectivity index (χ4v) is 1.35. The van der Waals surface area contributed by atoms with E-state index in [9.17, 15) is 5.11 Å². The largest absolute Gasteiger partial charge is 0.493 e. The van der Waals surface area contributed by atoms with Gasteiger partial charge in [-0.15, -0.1) is 6.58 Å². The number of hydrogen-bond donors (Lipinski definition) is 1. The Bertz CT molecular complexity index is 396. The minimum atomic E-state index is -0.632. The van der Waals surface area contributed by atoms with Crippen LogP contribution in [0.3, 0.4) is 0 Å². The molecular weight excluding hydrogens is 216 g/mol. The molecule has 3 heteroatoms.